The van der Waals surface area contributed by atoms with E-state index in [2.05, 4.69) is 20.4 Å². The molecule has 0 bridgehead atoms. The number of amides is 2. The first-order valence-corrected chi connectivity index (χ1v) is 12.3. The molecule has 1 fully saturated rings. The SMILES string of the molecule is Cc1ccc(CC(NC(=O)NC2CCOC2=O)(c2cc(F)cc(OC(F)(F)C(F)F)c2)c2ccc(Cl)cn2)cc1. The molecule has 13 heteroatoms. The Morgan fingerprint density at radius 3 is 2.50 bits per heavy atom. The van der Waals surface area contributed by atoms with Crippen LogP contribution in [-0.4, -0.2) is 42.2 Å². The minimum atomic E-state index is -4.92. The molecule has 212 valence electrons. The van der Waals surface area contributed by atoms with Gasteiger partial charge in [0.2, 0.25) is 0 Å². The molecule has 0 aliphatic carbocycles. The van der Waals surface area contributed by atoms with Crippen molar-refractivity contribution in [2.45, 2.75) is 43.9 Å². The number of urea groups is 1. The number of pyridine rings is 1. The summed E-state index contributed by atoms with van der Waals surface area (Å²) < 4.78 is 77.2. The fourth-order valence-corrected chi connectivity index (χ4v) is 4.36. The van der Waals surface area contributed by atoms with Crippen molar-refractivity contribution < 1.29 is 41.0 Å². The summed E-state index contributed by atoms with van der Waals surface area (Å²) >= 11 is 6.03. The zero-order valence-electron chi connectivity index (χ0n) is 20.9. The van der Waals surface area contributed by atoms with Crippen LogP contribution in [0, 0.1) is 12.7 Å². The molecule has 2 atom stereocenters. The predicted octanol–water partition coefficient (Wildman–Crippen LogP) is 5.52. The van der Waals surface area contributed by atoms with Crippen molar-refractivity contribution in [3.8, 4) is 5.75 Å². The summed E-state index contributed by atoms with van der Waals surface area (Å²) in [6.45, 7) is 1.95. The van der Waals surface area contributed by atoms with Crippen LogP contribution in [-0.2, 0) is 21.5 Å². The summed E-state index contributed by atoms with van der Waals surface area (Å²) in [7, 11) is 0. The van der Waals surface area contributed by atoms with Gasteiger partial charge in [-0.2, -0.15) is 17.6 Å². The van der Waals surface area contributed by atoms with Crippen LogP contribution >= 0.6 is 11.6 Å². The Labute approximate surface area is 230 Å². The molecule has 3 aromatic rings. The highest BCUT2D eigenvalue weighted by Gasteiger charge is 2.45. The summed E-state index contributed by atoms with van der Waals surface area (Å²) in [4.78, 5) is 29.5. The van der Waals surface area contributed by atoms with Crippen LogP contribution < -0.4 is 15.4 Å². The van der Waals surface area contributed by atoms with E-state index in [9.17, 15) is 31.5 Å². The number of cyclic esters (lactones) is 1. The lowest BCUT2D eigenvalue weighted by atomic mass is 9.80. The van der Waals surface area contributed by atoms with Crippen molar-refractivity contribution in [3.63, 3.8) is 0 Å². The molecule has 2 N–H and O–H groups in total. The van der Waals surface area contributed by atoms with Crippen molar-refractivity contribution in [1.82, 2.24) is 15.6 Å². The zero-order chi connectivity index (χ0) is 29.1. The fraction of sp³-hybridized carbons (Fsp3) is 0.296. The molecule has 4 rings (SSSR count). The monoisotopic (exact) mass is 583 g/mol. The Kier molecular flexibility index (Phi) is 8.48. The third-order valence-corrected chi connectivity index (χ3v) is 6.42. The summed E-state index contributed by atoms with van der Waals surface area (Å²) in [6, 6.07) is 10.4. The average molecular weight is 584 g/mol. The molecule has 40 heavy (non-hydrogen) atoms. The standard InChI is InChI=1S/C27H23ClF5N3O4/c1-15-2-4-16(5-3-15)13-26(22-7-6-18(28)14-34-22,36-25(38)35-21-8-9-39-23(21)37)17-10-19(29)12-20(11-17)40-27(32,33)24(30)31/h2-7,10-12,14,21,24H,8-9,13H2,1H3,(H2,35,36,38). The van der Waals surface area contributed by atoms with Gasteiger partial charge in [0.1, 0.15) is 23.1 Å². The number of nitrogens with zero attached hydrogens (tertiary/aromatic N) is 1. The Bertz CT molecular complexity index is 1380. The first-order chi connectivity index (χ1) is 18.9. The number of hydrogen-bond donors (Lipinski definition) is 2. The molecule has 2 unspecified atom stereocenters. The minimum absolute atomic E-state index is 0.0961. The molecule has 1 aromatic heterocycles. The first-order valence-electron chi connectivity index (χ1n) is 12.0. The summed E-state index contributed by atoms with van der Waals surface area (Å²) in [5.74, 6) is -2.68. The molecule has 1 aliphatic heterocycles. The maximum Gasteiger partial charge on any atom is 0.461 e. The van der Waals surface area contributed by atoms with Gasteiger partial charge in [-0.05, 0) is 42.3 Å². The maximum atomic E-state index is 14.9. The Morgan fingerprint density at radius 2 is 1.90 bits per heavy atom. The number of aromatic nitrogens is 1. The van der Waals surface area contributed by atoms with Gasteiger partial charge >= 0.3 is 24.5 Å². The second-order valence-corrected chi connectivity index (χ2v) is 9.61. The van der Waals surface area contributed by atoms with Gasteiger partial charge in [-0.15, -0.1) is 0 Å². The number of nitrogens with one attached hydrogen (secondary N) is 2. The van der Waals surface area contributed by atoms with Gasteiger partial charge in [-0.3, -0.25) is 4.98 Å². The summed E-state index contributed by atoms with van der Waals surface area (Å²) in [5.41, 5.74) is -0.342. The molecule has 0 radical (unpaired) electrons. The van der Waals surface area contributed by atoms with Crippen molar-refractivity contribution >= 4 is 23.6 Å². The molecule has 2 aromatic carbocycles. The second-order valence-electron chi connectivity index (χ2n) is 9.18. The van der Waals surface area contributed by atoms with Crippen LogP contribution in [0.2, 0.25) is 5.02 Å². The average Bonchev–Trinajstić information content (AvgIpc) is 3.28. The van der Waals surface area contributed by atoms with Gasteiger partial charge in [0.25, 0.3) is 0 Å². The Balaban J connectivity index is 1.87. The van der Waals surface area contributed by atoms with Crippen LogP contribution in [0.1, 0.15) is 28.8 Å². The molecule has 2 heterocycles. The Hall–Kier alpha value is -3.93. The van der Waals surface area contributed by atoms with Gasteiger partial charge in [0, 0.05) is 25.1 Å². The number of ether oxygens (including phenoxy) is 2. The number of rotatable bonds is 9. The minimum Gasteiger partial charge on any atom is -0.464 e. The number of carbonyl (C=O) groups is 2. The number of carbonyl (C=O) groups excluding carboxylic acids is 2. The number of alkyl halides is 4. The van der Waals surface area contributed by atoms with Crippen molar-refractivity contribution in [2.24, 2.45) is 0 Å². The number of esters is 1. The predicted molar refractivity (Wildman–Crippen MR) is 134 cm³/mol. The van der Waals surface area contributed by atoms with Crippen molar-refractivity contribution in [2.75, 3.05) is 6.61 Å². The normalized spacial score (nSPS) is 16.8. The fourth-order valence-electron chi connectivity index (χ4n) is 4.25. The lowest BCUT2D eigenvalue weighted by Crippen LogP contribution is -2.55. The van der Waals surface area contributed by atoms with E-state index >= 15 is 0 Å². The maximum absolute atomic E-state index is 14.9. The molecule has 0 saturated carbocycles. The quantitative estimate of drug-likeness (QED) is 0.256. The van der Waals surface area contributed by atoms with Gasteiger partial charge in [0.05, 0.1) is 17.3 Å². The van der Waals surface area contributed by atoms with E-state index in [1.54, 1.807) is 24.3 Å². The van der Waals surface area contributed by atoms with E-state index in [0.29, 0.717) is 11.6 Å². The molecule has 0 spiro atoms. The third kappa shape index (κ3) is 6.61. The Morgan fingerprint density at radius 1 is 1.18 bits per heavy atom. The first kappa shape index (κ1) is 29.1. The summed E-state index contributed by atoms with van der Waals surface area (Å²) in [5, 5.41) is 5.43. The molecule has 7 nitrogen and oxygen atoms in total. The third-order valence-electron chi connectivity index (χ3n) is 6.19. The highest BCUT2D eigenvalue weighted by Crippen LogP contribution is 2.37. The van der Waals surface area contributed by atoms with Gasteiger partial charge in [-0.1, -0.05) is 41.4 Å². The van der Waals surface area contributed by atoms with E-state index in [-0.39, 0.29) is 35.7 Å². The molecular formula is C27H23ClF5N3O4. The highest BCUT2D eigenvalue weighted by molar-refractivity contribution is 6.30. The van der Waals surface area contributed by atoms with E-state index in [0.717, 1.165) is 17.7 Å². The van der Waals surface area contributed by atoms with Gasteiger partial charge < -0.3 is 20.1 Å². The number of hydrogen-bond acceptors (Lipinski definition) is 5. The van der Waals surface area contributed by atoms with E-state index < -0.39 is 47.7 Å². The molecule has 1 aliphatic rings. The largest absolute Gasteiger partial charge is 0.464 e. The zero-order valence-corrected chi connectivity index (χ0v) is 21.7. The van der Waals surface area contributed by atoms with Crippen LogP contribution in [0.5, 0.6) is 5.75 Å². The van der Waals surface area contributed by atoms with Crippen LogP contribution in [0.15, 0.2) is 60.8 Å². The van der Waals surface area contributed by atoms with E-state index in [1.165, 1.54) is 18.3 Å². The number of benzene rings is 2. The van der Waals surface area contributed by atoms with Gasteiger partial charge in [-0.25, -0.2) is 14.0 Å². The van der Waals surface area contributed by atoms with Crippen LogP contribution in [0.3, 0.4) is 0 Å². The summed E-state index contributed by atoms with van der Waals surface area (Å²) in [6.07, 6.45) is -7.76. The molecule has 2 amide bonds. The van der Waals surface area contributed by atoms with Crippen LogP contribution in [0.25, 0.3) is 0 Å². The topological polar surface area (TPSA) is 89.6 Å². The number of halogens is 6. The van der Waals surface area contributed by atoms with Gasteiger partial charge in [0.15, 0.2) is 0 Å². The molecular weight excluding hydrogens is 561 g/mol. The van der Waals surface area contributed by atoms with E-state index in [1.807, 2.05) is 6.92 Å². The van der Waals surface area contributed by atoms with Crippen molar-refractivity contribution in [1.29, 1.82) is 0 Å². The number of aryl methyl sites for hydroxylation is 1. The van der Waals surface area contributed by atoms with E-state index in [4.69, 9.17) is 16.3 Å². The second kappa shape index (κ2) is 11.7. The van der Waals surface area contributed by atoms with Crippen LogP contribution in [0.4, 0.5) is 26.7 Å². The lowest BCUT2D eigenvalue weighted by Gasteiger charge is -2.36. The highest BCUT2D eigenvalue weighted by atomic mass is 35.5. The lowest BCUT2D eigenvalue weighted by molar-refractivity contribution is -0.253. The smallest absolute Gasteiger partial charge is 0.461 e. The van der Waals surface area contributed by atoms with Crippen molar-refractivity contribution in [3.05, 3.63) is 94.0 Å². The molecule has 1 saturated heterocycles.